The normalized spacial score (nSPS) is 17.6. The number of urea groups is 1. The van der Waals surface area contributed by atoms with Crippen LogP contribution in [0, 0.1) is 0 Å². The van der Waals surface area contributed by atoms with Crippen LogP contribution in [0.5, 0.6) is 0 Å². The van der Waals surface area contributed by atoms with E-state index in [2.05, 4.69) is 45.5 Å². The van der Waals surface area contributed by atoms with Crippen LogP contribution in [0.2, 0.25) is 0 Å². The van der Waals surface area contributed by atoms with E-state index in [1.54, 1.807) is 4.90 Å². The number of likely N-dealkylation sites (tertiary alicyclic amines) is 1. The summed E-state index contributed by atoms with van der Waals surface area (Å²) in [5.74, 6) is 0. The molecule has 1 unspecified atom stereocenters. The van der Waals surface area contributed by atoms with Gasteiger partial charge in [-0.3, -0.25) is 0 Å². The summed E-state index contributed by atoms with van der Waals surface area (Å²) in [6.45, 7) is 1.26. The lowest BCUT2D eigenvalue weighted by Crippen LogP contribution is -2.56. The molecule has 1 saturated heterocycles. The van der Waals surface area contributed by atoms with Gasteiger partial charge in [-0.25, -0.2) is 4.79 Å². The first-order valence-electron chi connectivity index (χ1n) is 7.01. The number of hydrogen-bond donors (Lipinski definition) is 2. The zero-order valence-corrected chi connectivity index (χ0v) is 13.1. The molecule has 110 valence electrons. The van der Waals surface area contributed by atoms with Crippen molar-refractivity contribution in [3.8, 4) is 0 Å². The van der Waals surface area contributed by atoms with E-state index in [0.29, 0.717) is 6.54 Å². The van der Waals surface area contributed by atoms with E-state index in [4.69, 9.17) is 5.11 Å². The number of nitrogens with zero attached hydrogens (tertiary/aromatic N) is 1. The molecule has 1 heterocycles. The number of fused-ring (bicyclic) bond motifs is 1. The Morgan fingerprint density at radius 1 is 1.29 bits per heavy atom. The molecule has 21 heavy (non-hydrogen) atoms. The average molecular weight is 349 g/mol. The van der Waals surface area contributed by atoms with Crippen molar-refractivity contribution in [3.05, 3.63) is 46.4 Å². The van der Waals surface area contributed by atoms with E-state index in [0.717, 1.165) is 28.4 Å². The quantitative estimate of drug-likeness (QED) is 0.895. The molecular weight excluding hydrogens is 332 g/mol. The lowest BCUT2D eigenvalue weighted by atomic mass is 10.1. The minimum Gasteiger partial charge on any atom is -0.394 e. The van der Waals surface area contributed by atoms with Crippen molar-refractivity contribution in [2.45, 2.75) is 19.0 Å². The average Bonchev–Trinajstić information content (AvgIpc) is 2.44. The standard InChI is InChI=1S/C16H17BrN2O2/c17-14-4-3-12-2-1-11(7-13(12)8-14)9-18-16(21)19-6-5-15(19)10-20/h1-4,7-8,15,20H,5-6,9-10H2,(H,18,21). The molecule has 0 aromatic heterocycles. The van der Waals surface area contributed by atoms with E-state index in [9.17, 15) is 4.79 Å². The molecule has 5 heteroatoms. The molecule has 0 aliphatic carbocycles. The minimum atomic E-state index is -0.102. The molecule has 1 atom stereocenters. The number of carbonyl (C=O) groups excluding carboxylic acids is 1. The molecule has 2 amide bonds. The van der Waals surface area contributed by atoms with Crippen LogP contribution < -0.4 is 5.32 Å². The Bertz CT molecular complexity index is 672. The number of hydrogen-bond acceptors (Lipinski definition) is 2. The summed E-state index contributed by atoms with van der Waals surface area (Å²) in [6.07, 6.45) is 0.883. The summed E-state index contributed by atoms with van der Waals surface area (Å²) < 4.78 is 1.04. The third-order valence-electron chi connectivity index (χ3n) is 3.93. The Morgan fingerprint density at radius 2 is 2.10 bits per heavy atom. The minimum absolute atomic E-state index is 0.0161. The number of benzene rings is 2. The molecule has 0 saturated carbocycles. The summed E-state index contributed by atoms with van der Waals surface area (Å²) in [4.78, 5) is 13.7. The summed E-state index contributed by atoms with van der Waals surface area (Å²) in [6, 6.07) is 12.2. The molecule has 2 N–H and O–H groups in total. The summed E-state index contributed by atoms with van der Waals surface area (Å²) in [7, 11) is 0. The van der Waals surface area contributed by atoms with Crippen molar-refractivity contribution < 1.29 is 9.90 Å². The molecule has 0 bridgehead atoms. The maximum absolute atomic E-state index is 12.0. The summed E-state index contributed by atoms with van der Waals surface area (Å²) in [5, 5.41) is 14.3. The van der Waals surface area contributed by atoms with Crippen LogP contribution in [0.3, 0.4) is 0 Å². The van der Waals surface area contributed by atoms with Crippen LogP contribution in [-0.4, -0.2) is 35.2 Å². The Hall–Kier alpha value is -1.59. The number of halogens is 1. The first-order valence-corrected chi connectivity index (χ1v) is 7.80. The second-order valence-corrected chi connectivity index (χ2v) is 6.22. The highest BCUT2D eigenvalue weighted by Gasteiger charge is 2.31. The fourth-order valence-electron chi connectivity index (χ4n) is 2.55. The van der Waals surface area contributed by atoms with Crippen molar-refractivity contribution >= 4 is 32.7 Å². The molecule has 1 aliphatic rings. The van der Waals surface area contributed by atoms with Crippen molar-refractivity contribution in [1.29, 1.82) is 0 Å². The van der Waals surface area contributed by atoms with E-state index >= 15 is 0 Å². The highest BCUT2D eigenvalue weighted by atomic mass is 79.9. The Morgan fingerprint density at radius 3 is 2.81 bits per heavy atom. The molecule has 1 fully saturated rings. The molecule has 2 aromatic carbocycles. The van der Waals surface area contributed by atoms with Gasteiger partial charge in [-0.15, -0.1) is 0 Å². The van der Waals surface area contributed by atoms with Crippen molar-refractivity contribution in [3.63, 3.8) is 0 Å². The molecular formula is C16H17BrN2O2. The third-order valence-corrected chi connectivity index (χ3v) is 4.42. The number of nitrogens with one attached hydrogen (secondary N) is 1. The fraction of sp³-hybridized carbons (Fsp3) is 0.312. The molecule has 1 aliphatic heterocycles. The van der Waals surface area contributed by atoms with Gasteiger partial charge in [-0.2, -0.15) is 0 Å². The van der Waals surface area contributed by atoms with Gasteiger partial charge in [0.25, 0.3) is 0 Å². The summed E-state index contributed by atoms with van der Waals surface area (Å²) >= 11 is 3.47. The number of rotatable bonds is 3. The van der Waals surface area contributed by atoms with Gasteiger partial charge >= 0.3 is 6.03 Å². The van der Waals surface area contributed by atoms with E-state index in [1.165, 1.54) is 5.39 Å². The second kappa shape index (κ2) is 6.03. The number of aliphatic hydroxyl groups excluding tert-OH is 1. The Balaban J connectivity index is 1.66. The van der Waals surface area contributed by atoms with Gasteiger partial charge in [0.15, 0.2) is 0 Å². The Kier molecular flexibility index (Phi) is 4.12. The smallest absolute Gasteiger partial charge is 0.317 e. The van der Waals surface area contributed by atoms with Gasteiger partial charge in [-0.1, -0.05) is 34.1 Å². The SMILES string of the molecule is O=C(NCc1ccc2ccc(Br)cc2c1)N1CCC1CO. The molecule has 0 radical (unpaired) electrons. The topological polar surface area (TPSA) is 52.6 Å². The predicted octanol–water partition coefficient (Wildman–Crippen LogP) is 2.88. The van der Waals surface area contributed by atoms with Crippen LogP contribution >= 0.6 is 15.9 Å². The van der Waals surface area contributed by atoms with Gasteiger partial charge in [0.2, 0.25) is 0 Å². The lowest BCUT2D eigenvalue weighted by molar-refractivity contribution is 0.0701. The summed E-state index contributed by atoms with van der Waals surface area (Å²) in [5.41, 5.74) is 1.06. The van der Waals surface area contributed by atoms with Crippen LogP contribution in [0.25, 0.3) is 10.8 Å². The van der Waals surface area contributed by atoms with Gasteiger partial charge in [0, 0.05) is 17.6 Å². The largest absolute Gasteiger partial charge is 0.394 e. The monoisotopic (exact) mass is 348 g/mol. The number of aliphatic hydroxyl groups is 1. The van der Waals surface area contributed by atoms with E-state index < -0.39 is 0 Å². The first-order chi connectivity index (χ1) is 10.2. The van der Waals surface area contributed by atoms with E-state index in [1.807, 2.05) is 12.1 Å². The maximum atomic E-state index is 12.0. The fourth-order valence-corrected chi connectivity index (χ4v) is 2.93. The zero-order chi connectivity index (χ0) is 14.8. The lowest BCUT2D eigenvalue weighted by Gasteiger charge is -2.39. The van der Waals surface area contributed by atoms with Crippen molar-refractivity contribution in [2.75, 3.05) is 13.2 Å². The predicted molar refractivity (Wildman–Crippen MR) is 86.1 cm³/mol. The molecule has 0 spiro atoms. The van der Waals surface area contributed by atoms with Gasteiger partial charge in [-0.05, 0) is 41.0 Å². The number of amides is 2. The van der Waals surface area contributed by atoms with Crippen molar-refractivity contribution in [2.24, 2.45) is 0 Å². The van der Waals surface area contributed by atoms with Crippen LogP contribution in [0.4, 0.5) is 4.79 Å². The van der Waals surface area contributed by atoms with Crippen LogP contribution in [0.15, 0.2) is 40.9 Å². The van der Waals surface area contributed by atoms with Crippen LogP contribution in [-0.2, 0) is 6.54 Å². The van der Waals surface area contributed by atoms with Gasteiger partial charge in [0.05, 0.1) is 12.6 Å². The van der Waals surface area contributed by atoms with E-state index in [-0.39, 0.29) is 18.7 Å². The van der Waals surface area contributed by atoms with Crippen molar-refractivity contribution in [1.82, 2.24) is 10.2 Å². The third kappa shape index (κ3) is 3.04. The maximum Gasteiger partial charge on any atom is 0.317 e. The van der Waals surface area contributed by atoms with Gasteiger partial charge in [0.1, 0.15) is 0 Å². The highest BCUT2D eigenvalue weighted by Crippen LogP contribution is 2.21. The van der Waals surface area contributed by atoms with Crippen LogP contribution in [0.1, 0.15) is 12.0 Å². The Labute approximate surface area is 131 Å². The molecule has 3 rings (SSSR count). The highest BCUT2D eigenvalue weighted by molar-refractivity contribution is 9.10. The number of carbonyl (C=O) groups is 1. The zero-order valence-electron chi connectivity index (χ0n) is 11.6. The second-order valence-electron chi connectivity index (χ2n) is 5.30. The molecule has 4 nitrogen and oxygen atoms in total. The first kappa shape index (κ1) is 14.4. The molecule has 2 aromatic rings. The van der Waals surface area contributed by atoms with Gasteiger partial charge < -0.3 is 15.3 Å².